The van der Waals surface area contributed by atoms with Gasteiger partial charge in [-0.25, -0.2) is 9.97 Å². The standard InChI is InChI=1S/C10H6BrClN2S/c11-7-5-13-10(14-6-7)15-9-4-2-1-3-8(9)12/h1-6H. The highest BCUT2D eigenvalue weighted by Crippen LogP contribution is 2.30. The fraction of sp³-hybridized carbons (Fsp3) is 0. The normalized spacial score (nSPS) is 10.3. The van der Waals surface area contributed by atoms with E-state index in [2.05, 4.69) is 25.9 Å². The van der Waals surface area contributed by atoms with E-state index in [0.29, 0.717) is 10.2 Å². The Bertz CT molecular complexity index is 461. The molecule has 0 radical (unpaired) electrons. The molecule has 0 amide bonds. The van der Waals surface area contributed by atoms with E-state index < -0.39 is 0 Å². The lowest BCUT2D eigenvalue weighted by Crippen LogP contribution is -1.84. The van der Waals surface area contributed by atoms with Crippen molar-refractivity contribution in [2.75, 3.05) is 0 Å². The van der Waals surface area contributed by atoms with Crippen LogP contribution in [0.5, 0.6) is 0 Å². The third-order valence-electron chi connectivity index (χ3n) is 1.63. The number of aromatic nitrogens is 2. The molecular formula is C10H6BrClN2S. The molecule has 0 aliphatic carbocycles. The van der Waals surface area contributed by atoms with Crippen molar-refractivity contribution in [1.82, 2.24) is 9.97 Å². The zero-order chi connectivity index (χ0) is 10.7. The van der Waals surface area contributed by atoms with E-state index in [4.69, 9.17) is 11.6 Å². The third kappa shape index (κ3) is 2.93. The maximum atomic E-state index is 6.02. The second-order valence-corrected chi connectivity index (χ2v) is 5.05. The van der Waals surface area contributed by atoms with Gasteiger partial charge in [-0.05, 0) is 39.8 Å². The molecule has 2 nitrogen and oxygen atoms in total. The third-order valence-corrected chi connectivity index (χ3v) is 3.45. The van der Waals surface area contributed by atoms with E-state index in [-0.39, 0.29) is 0 Å². The summed E-state index contributed by atoms with van der Waals surface area (Å²) in [6.07, 6.45) is 3.43. The Morgan fingerprint density at radius 1 is 1.13 bits per heavy atom. The Morgan fingerprint density at radius 2 is 1.80 bits per heavy atom. The minimum Gasteiger partial charge on any atom is -0.230 e. The summed E-state index contributed by atoms with van der Waals surface area (Å²) in [6, 6.07) is 7.63. The summed E-state index contributed by atoms with van der Waals surface area (Å²) in [5.74, 6) is 0. The molecular weight excluding hydrogens is 296 g/mol. The van der Waals surface area contributed by atoms with Gasteiger partial charge in [-0.3, -0.25) is 0 Å². The van der Waals surface area contributed by atoms with Gasteiger partial charge >= 0.3 is 0 Å². The van der Waals surface area contributed by atoms with Gasteiger partial charge in [-0.15, -0.1) is 0 Å². The molecule has 2 aromatic rings. The van der Waals surface area contributed by atoms with E-state index in [1.165, 1.54) is 11.8 Å². The molecule has 2 rings (SSSR count). The van der Waals surface area contributed by atoms with Crippen LogP contribution in [0.25, 0.3) is 0 Å². The first-order chi connectivity index (χ1) is 7.25. The predicted molar refractivity (Wildman–Crippen MR) is 65.3 cm³/mol. The van der Waals surface area contributed by atoms with Gasteiger partial charge in [-0.2, -0.15) is 0 Å². The van der Waals surface area contributed by atoms with E-state index in [0.717, 1.165) is 9.37 Å². The zero-order valence-electron chi connectivity index (χ0n) is 7.52. The van der Waals surface area contributed by atoms with E-state index in [1.54, 1.807) is 12.4 Å². The van der Waals surface area contributed by atoms with Crippen molar-refractivity contribution >= 4 is 39.3 Å². The first kappa shape index (κ1) is 10.9. The molecule has 0 aliphatic heterocycles. The van der Waals surface area contributed by atoms with E-state index >= 15 is 0 Å². The van der Waals surface area contributed by atoms with Crippen LogP contribution in [-0.2, 0) is 0 Å². The minimum absolute atomic E-state index is 0.686. The Morgan fingerprint density at radius 3 is 2.47 bits per heavy atom. The van der Waals surface area contributed by atoms with Crippen molar-refractivity contribution in [3.05, 3.63) is 46.2 Å². The first-order valence-corrected chi connectivity index (χ1v) is 6.14. The predicted octanol–water partition coefficient (Wildman–Crippen LogP) is 4.04. The molecule has 1 aromatic carbocycles. The van der Waals surface area contributed by atoms with Crippen molar-refractivity contribution in [1.29, 1.82) is 0 Å². The molecule has 0 saturated heterocycles. The Balaban J connectivity index is 2.22. The van der Waals surface area contributed by atoms with Crippen LogP contribution in [0.1, 0.15) is 0 Å². The molecule has 0 N–H and O–H groups in total. The quantitative estimate of drug-likeness (QED) is 0.783. The lowest BCUT2D eigenvalue weighted by Gasteiger charge is -2.01. The van der Waals surface area contributed by atoms with Crippen molar-refractivity contribution in [2.45, 2.75) is 10.1 Å². The average Bonchev–Trinajstić information content (AvgIpc) is 2.25. The minimum atomic E-state index is 0.686. The summed E-state index contributed by atoms with van der Waals surface area (Å²) in [5, 5.41) is 1.40. The maximum Gasteiger partial charge on any atom is 0.192 e. The molecule has 5 heteroatoms. The SMILES string of the molecule is Clc1ccccc1Sc1ncc(Br)cn1. The molecule has 0 bridgehead atoms. The smallest absolute Gasteiger partial charge is 0.192 e. The Labute approximate surface area is 105 Å². The number of rotatable bonds is 2. The molecule has 1 heterocycles. The number of hydrogen-bond donors (Lipinski definition) is 0. The lowest BCUT2D eigenvalue weighted by atomic mass is 10.4. The maximum absolute atomic E-state index is 6.02. The van der Waals surface area contributed by atoms with E-state index in [9.17, 15) is 0 Å². The molecule has 15 heavy (non-hydrogen) atoms. The first-order valence-electron chi connectivity index (χ1n) is 4.15. The summed E-state index contributed by atoms with van der Waals surface area (Å²) in [7, 11) is 0. The summed E-state index contributed by atoms with van der Waals surface area (Å²) < 4.78 is 0.867. The van der Waals surface area contributed by atoms with Crippen LogP contribution < -0.4 is 0 Å². The van der Waals surface area contributed by atoms with E-state index in [1.807, 2.05) is 24.3 Å². The Hall–Kier alpha value is -0.580. The summed E-state index contributed by atoms with van der Waals surface area (Å²) in [5.41, 5.74) is 0. The van der Waals surface area contributed by atoms with Crippen LogP contribution >= 0.6 is 39.3 Å². The summed E-state index contributed by atoms with van der Waals surface area (Å²) in [4.78, 5) is 9.28. The second-order valence-electron chi connectivity index (χ2n) is 2.72. The number of halogens is 2. The highest BCUT2D eigenvalue weighted by Gasteiger charge is 2.03. The van der Waals surface area contributed by atoms with Crippen LogP contribution in [0.15, 0.2) is 51.2 Å². The largest absolute Gasteiger partial charge is 0.230 e. The van der Waals surface area contributed by atoms with Gasteiger partial charge in [-0.1, -0.05) is 23.7 Å². The van der Waals surface area contributed by atoms with Gasteiger partial charge in [0.15, 0.2) is 5.16 Å². The molecule has 0 spiro atoms. The lowest BCUT2D eigenvalue weighted by molar-refractivity contribution is 0.958. The van der Waals surface area contributed by atoms with Gasteiger partial charge in [0.05, 0.1) is 9.50 Å². The second kappa shape index (κ2) is 4.96. The molecule has 0 saturated carbocycles. The molecule has 0 atom stereocenters. The van der Waals surface area contributed by atoms with Gasteiger partial charge in [0, 0.05) is 17.3 Å². The van der Waals surface area contributed by atoms with Gasteiger partial charge in [0.2, 0.25) is 0 Å². The van der Waals surface area contributed by atoms with Crippen LogP contribution in [0.4, 0.5) is 0 Å². The molecule has 76 valence electrons. The van der Waals surface area contributed by atoms with Crippen LogP contribution in [-0.4, -0.2) is 9.97 Å². The molecule has 1 aromatic heterocycles. The molecule has 0 fully saturated rings. The van der Waals surface area contributed by atoms with Crippen molar-refractivity contribution in [2.24, 2.45) is 0 Å². The summed E-state index contributed by atoms with van der Waals surface area (Å²) >= 11 is 10.8. The molecule has 0 unspecified atom stereocenters. The number of nitrogens with zero attached hydrogens (tertiary/aromatic N) is 2. The monoisotopic (exact) mass is 300 g/mol. The zero-order valence-corrected chi connectivity index (χ0v) is 10.7. The van der Waals surface area contributed by atoms with Crippen molar-refractivity contribution in [3.8, 4) is 0 Å². The number of benzene rings is 1. The van der Waals surface area contributed by atoms with Crippen molar-refractivity contribution in [3.63, 3.8) is 0 Å². The Kier molecular flexibility index (Phi) is 3.61. The van der Waals surface area contributed by atoms with Gasteiger partial charge in [0.25, 0.3) is 0 Å². The fourth-order valence-corrected chi connectivity index (χ4v) is 2.15. The highest BCUT2D eigenvalue weighted by atomic mass is 79.9. The average molecular weight is 302 g/mol. The molecule has 0 aliphatic rings. The van der Waals surface area contributed by atoms with Crippen LogP contribution in [0, 0.1) is 0 Å². The topological polar surface area (TPSA) is 25.8 Å². The number of hydrogen-bond acceptors (Lipinski definition) is 3. The fourth-order valence-electron chi connectivity index (χ4n) is 0.979. The van der Waals surface area contributed by atoms with Crippen LogP contribution in [0.2, 0.25) is 5.02 Å². The highest BCUT2D eigenvalue weighted by molar-refractivity contribution is 9.10. The van der Waals surface area contributed by atoms with Crippen molar-refractivity contribution < 1.29 is 0 Å². The van der Waals surface area contributed by atoms with Gasteiger partial charge in [0.1, 0.15) is 0 Å². The van der Waals surface area contributed by atoms with Gasteiger partial charge < -0.3 is 0 Å². The van der Waals surface area contributed by atoms with Crippen LogP contribution in [0.3, 0.4) is 0 Å². The summed E-state index contributed by atoms with van der Waals surface area (Å²) in [6.45, 7) is 0.